The fourth-order valence-corrected chi connectivity index (χ4v) is 2.06. The number of ether oxygens (including phenoxy) is 3. The van der Waals surface area contributed by atoms with Gasteiger partial charge in [-0.1, -0.05) is 0 Å². The van der Waals surface area contributed by atoms with Crippen LogP contribution in [0.3, 0.4) is 0 Å². The van der Waals surface area contributed by atoms with Crippen LogP contribution in [0.1, 0.15) is 5.56 Å². The lowest BCUT2D eigenvalue weighted by Crippen LogP contribution is -2.00. The zero-order valence-corrected chi connectivity index (χ0v) is 11.0. The molecule has 0 bridgehead atoms. The van der Waals surface area contributed by atoms with Gasteiger partial charge in [0.15, 0.2) is 11.5 Å². The first-order valence-corrected chi connectivity index (χ1v) is 6.22. The zero-order chi connectivity index (χ0) is 13.9. The van der Waals surface area contributed by atoms with Crippen molar-refractivity contribution in [2.45, 2.75) is 6.54 Å². The van der Waals surface area contributed by atoms with Gasteiger partial charge in [0.25, 0.3) is 0 Å². The topological polar surface area (TPSA) is 39.7 Å². The summed E-state index contributed by atoms with van der Waals surface area (Å²) in [6.07, 6.45) is 0. The maximum Gasteiger partial charge on any atom is 0.231 e. The summed E-state index contributed by atoms with van der Waals surface area (Å²) in [5, 5.41) is 3.21. The Bertz CT molecular complexity index is 613. The zero-order valence-electron chi connectivity index (χ0n) is 11.0. The molecule has 3 rings (SSSR count). The second kappa shape index (κ2) is 5.28. The third-order valence-electron chi connectivity index (χ3n) is 3.06. The summed E-state index contributed by atoms with van der Waals surface area (Å²) in [5.74, 6) is 1.72. The van der Waals surface area contributed by atoms with E-state index in [0.29, 0.717) is 23.8 Å². The van der Waals surface area contributed by atoms with Crippen molar-refractivity contribution < 1.29 is 18.6 Å². The molecule has 104 valence electrons. The highest BCUT2D eigenvalue weighted by Gasteiger charge is 2.19. The highest BCUT2D eigenvalue weighted by atomic mass is 19.1. The molecule has 5 heteroatoms. The minimum absolute atomic E-state index is 0.209. The Labute approximate surface area is 116 Å². The molecule has 0 saturated heterocycles. The van der Waals surface area contributed by atoms with Crippen molar-refractivity contribution in [3.63, 3.8) is 0 Å². The van der Waals surface area contributed by atoms with Crippen LogP contribution in [-0.4, -0.2) is 13.9 Å². The number of fused-ring (bicyclic) bond motifs is 1. The largest absolute Gasteiger partial charge is 0.493 e. The molecule has 0 unspecified atom stereocenters. The van der Waals surface area contributed by atoms with Gasteiger partial charge in [-0.05, 0) is 42.0 Å². The first-order valence-electron chi connectivity index (χ1n) is 6.22. The Hall–Kier alpha value is -2.43. The van der Waals surface area contributed by atoms with Crippen LogP contribution in [0.25, 0.3) is 0 Å². The summed E-state index contributed by atoms with van der Waals surface area (Å²) in [7, 11) is 1.59. The molecule has 0 aromatic heterocycles. The maximum atomic E-state index is 12.8. The van der Waals surface area contributed by atoms with E-state index in [-0.39, 0.29) is 12.6 Å². The van der Waals surface area contributed by atoms with Crippen LogP contribution >= 0.6 is 0 Å². The lowest BCUT2D eigenvalue weighted by Gasteiger charge is -2.10. The van der Waals surface area contributed by atoms with E-state index in [0.717, 1.165) is 11.3 Å². The molecule has 0 radical (unpaired) electrons. The molecular formula is C15H14FNO3. The minimum atomic E-state index is -0.250. The number of rotatable bonds is 4. The summed E-state index contributed by atoms with van der Waals surface area (Å²) in [6, 6.07) is 10.0. The number of hydrogen-bond donors (Lipinski definition) is 1. The Morgan fingerprint density at radius 3 is 2.75 bits per heavy atom. The average Bonchev–Trinajstić information content (AvgIpc) is 2.94. The molecule has 2 aromatic carbocycles. The maximum absolute atomic E-state index is 12.8. The third-order valence-corrected chi connectivity index (χ3v) is 3.06. The van der Waals surface area contributed by atoms with Crippen molar-refractivity contribution in [3.05, 3.63) is 47.8 Å². The van der Waals surface area contributed by atoms with Crippen LogP contribution in [-0.2, 0) is 6.54 Å². The Balaban J connectivity index is 1.76. The highest BCUT2D eigenvalue weighted by molar-refractivity contribution is 5.55. The average molecular weight is 275 g/mol. The van der Waals surface area contributed by atoms with Gasteiger partial charge in [0, 0.05) is 12.2 Å². The molecule has 20 heavy (non-hydrogen) atoms. The molecule has 0 saturated carbocycles. The summed E-state index contributed by atoms with van der Waals surface area (Å²) in [4.78, 5) is 0. The van der Waals surface area contributed by atoms with Crippen molar-refractivity contribution in [3.8, 4) is 17.2 Å². The minimum Gasteiger partial charge on any atom is -0.493 e. The van der Waals surface area contributed by atoms with Crippen molar-refractivity contribution in [1.82, 2.24) is 0 Å². The summed E-state index contributed by atoms with van der Waals surface area (Å²) in [5.41, 5.74) is 1.85. The lowest BCUT2D eigenvalue weighted by atomic mass is 10.1. The Kier molecular flexibility index (Phi) is 3.33. The molecule has 2 aromatic rings. The number of benzene rings is 2. The second-order valence-corrected chi connectivity index (χ2v) is 4.39. The van der Waals surface area contributed by atoms with Crippen LogP contribution in [0, 0.1) is 5.82 Å². The first kappa shape index (κ1) is 12.6. The van der Waals surface area contributed by atoms with Crippen LogP contribution in [0.2, 0.25) is 0 Å². The van der Waals surface area contributed by atoms with Crippen molar-refractivity contribution >= 4 is 5.69 Å². The molecule has 1 heterocycles. The predicted molar refractivity (Wildman–Crippen MR) is 72.8 cm³/mol. The molecule has 0 amide bonds. The Morgan fingerprint density at radius 1 is 1.20 bits per heavy atom. The van der Waals surface area contributed by atoms with Crippen molar-refractivity contribution in [2.24, 2.45) is 0 Å². The first-order chi connectivity index (χ1) is 9.76. The Morgan fingerprint density at radius 2 is 2.00 bits per heavy atom. The SMILES string of the molecule is COc1cc(CNc2ccc(F)cc2)cc2c1OCO2. The molecular weight excluding hydrogens is 261 g/mol. The normalized spacial score (nSPS) is 12.3. The van der Waals surface area contributed by atoms with Gasteiger partial charge < -0.3 is 19.5 Å². The van der Waals surface area contributed by atoms with E-state index < -0.39 is 0 Å². The van der Waals surface area contributed by atoms with Gasteiger partial charge >= 0.3 is 0 Å². The predicted octanol–water partition coefficient (Wildman–Crippen LogP) is 3.18. The molecule has 0 spiro atoms. The van der Waals surface area contributed by atoms with Crippen LogP contribution in [0.4, 0.5) is 10.1 Å². The third kappa shape index (κ3) is 2.47. The number of anilines is 1. The summed E-state index contributed by atoms with van der Waals surface area (Å²) >= 11 is 0. The number of methoxy groups -OCH3 is 1. The van der Waals surface area contributed by atoms with E-state index in [4.69, 9.17) is 14.2 Å². The summed E-state index contributed by atoms with van der Waals surface area (Å²) < 4.78 is 28.8. The standard InChI is InChI=1S/C15H14FNO3/c1-18-13-6-10(7-14-15(13)20-9-19-14)8-17-12-4-2-11(16)3-5-12/h2-7,17H,8-9H2,1H3. The fraction of sp³-hybridized carbons (Fsp3) is 0.200. The fourth-order valence-electron chi connectivity index (χ4n) is 2.06. The quantitative estimate of drug-likeness (QED) is 0.930. The van der Waals surface area contributed by atoms with Gasteiger partial charge in [0.2, 0.25) is 12.5 Å². The van der Waals surface area contributed by atoms with Crippen LogP contribution in [0.5, 0.6) is 17.2 Å². The van der Waals surface area contributed by atoms with E-state index in [9.17, 15) is 4.39 Å². The number of halogens is 1. The van der Waals surface area contributed by atoms with Gasteiger partial charge in [-0.15, -0.1) is 0 Å². The molecule has 1 aliphatic heterocycles. The number of nitrogens with one attached hydrogen (secondary N) is 1. The smallest absolute Gasteiger partial charge is 0.231 e. The van der Waals surface area contributed by atoms with E-state index >= 15 is 0 Å². The van der Waals surface area contributed by atoms with Gasteiger partial charge in [-0.2, -0.15) is 0 Å². The molecule has 0 aliphatic carbocycles. The van der Waals surface area contributed by atoms with Gasteiger partial charge in [0.05, 0.1) is 7.11 Å². The summed E-state index contributed by atoms with van der Waals surface area (Å²) in [6.45, 7) is 0.791. The van der Waals surface area contributed by atoms with Crippen LogP contribution in [0.15, 0.2) is 36.4 Å². The van der Waals surface area contributed by atoms with E-state index in [1.807, 2.05) is 12.1 Å². The molecule has 1 aliphatic rings. The van der Waals surface area contributed by atoms with Gasteiger partial charge in [-0.3, -0.25) is 0 Å². The van der Waals surface area contributed by atoms with E-state index in [1.165, 1.54) is 12.1 Å². The number of hydrogen-bond acceptors (Lipinski definition) is 4. The van der Waals surface area contributed by atoms with Crippen LogP contribution < -0.4 is 19.5 Å². The van der Waals surface area contributed by atoms with Gasteiger partial charge in [0.1, 0.15) is 5.82 Å². The van der Waals surface area contributed by atoms with Crippen molar-refractivity contribution in [2.75, 3.05) is 19.2 Å². The molecule has 0 atom stereocenters. The van der Waals surface area contributed by atoms with E-state index in [1.54, 1.807) is 19.2 Å². The van der Waals surface area contributed by atoms with Crippen molar-refractivity contribution in [1.29, 1.82) is 0 Å². The highest BCUT2D eigenvalue weighted by Crippen LogP contribution is 2.41. The molecule has 1 N–H and O–H groups in total. The second-order valence-electron chi connectivity index (χ2n) is 4.39. The monoisotopic (exact) mass is 275 g/mol. The van der Waals surface area contributed by atoms with E-state index in [2.05, 4.69) is 5.32 Å². The molecule has 0 fully saturated rings. The lowest BCUT2D eigenvalue weighted by molar-refractivity contribution is 0.171. The van der Waals surface area contributed by atoms with Gasteiger partial charge in [-0.25, -0.2) is 4.39 Å². The molecule has 4 nitrogen and oxygen atoms in total.